The minimum atomic E-state index is 0.0397. The average Bonchev–Trinajstić information content (AvgIpc) is 3.20. The first-order valence-corrected chi connectivity index (χ1v) is 7.97. The molecule has 0 saturated carbocycles. The largest absolute Gasteiger partial charge is 0.354 e. The molecule has 0 aliphatic rings. The van der Waals surface area contributed by atoms with E-state index in [1.807, 2.05) is 45.8 Å². The number of hydrogen-bond donors (Lipinski definition) is 1. The number of pyridine rings is 1. The highest BCUT2D eigenvalue weighted by molar-refractivity contribution is 7.07. The monoisotopic (exact) mass is 312 g/mol. The summed E-state index contributed by atoms with van der Waals surface area (Å²) < 4.78 is 1.99. The molecule has 0 aromatic carbocycles. The van der Waals surface area contributed by atoms with Crippen molar-refractivity contribution in [2.45, 2.75) is 13.0 Å². The van der Waals surface area contributed by atoms with Gasteiger partial charge in [-0.2, -0.15) is 11.3 Å². The molecule has 0 radical (unpaired) electrons. The van der Waals surface area contributed by atoms with Crippen molar-refractivity contribution in [1.82, 2.24) is 19.9 Å². The number of thiophene rings is 1. The molecule has 0 unspecified atom stereocenters. The van der Waals surface area contributed by atoms with Gasteiger partial charge in [-0.15, -0.1) is 0 Å². The van der Waals surface area contributed by atoms with Crippen molar-refractivity contribution in [1.29, 1.82) is 0 Å². The summed E-state index contributed by atoms with van der Waals surface area (Å²) in [5.41, 5.74) is 1.89. The molecule has 3 aromatic rings. The molecule has 0 bridgehead atoms. The van der Waals surface area contributed by atoms with Gasteiger partial charge in [0.25, 0.3) is 0 Å². The molecular weight excluding hydrogens is 296 g/mol. The van der Waals surface area contributed by atoms with E-state index in [4.69, 9.17) is 0 Å². The molecule has 1 N–H and O–H groups in total. The van der Waals surface area contributed by atoms with Crippen molar-refractivity contribution in [3.8, 4) is 11.5 Å². The molecule has 3 heterocycles. The van der Waals surface area contributed by atoms with Gasteiger partial charge in [-0.05, 0) is 34.5 Å². The van der Waals surface area contributed by atoms with Crippen LogP contribution in [-0.2, 0) is 17.8 Å². The van der Waals surface area contributed by atoms with E-state index < -0.39 is 0 Å². The Morgan fingerprint density at radius 2 is 2.18 bits per heavy atom. The Hall–Kier alpha value is -2.47. The van der Waals surface area contributed by atoms with E-state index in [0.29, 0.717) is 19.5 Å². The van der Waals surface area contributed by atoms with Crippen LogP contribution in [0.3, 0.4) is 0 Å². The first kappa shape index (κ1) is 14.5. The lowest BCUT2D eigenvalue weighted by Gasteiger charge is -2.08. The molecule has 0 fully saturated rings. The predicted molar refractivity (Wildman–Crippen MR) is 86.5 cm³/mol. The van der Waals surface area contributed by atoms with Crippen molar-refractivity contribution >= 4 is 17.2 Å². The Kier molecular flexibility index (Phi) is 4.60. The summed E-state index contributed by atoms with van der Waals surface area (Å²) in [6.45, 7) is 1.24. The second-order valence-electron chi connectivity index (χ2n) is 4.82. The van der Waals surface area contributed by atoms with E-state index in [2.05, 4.69) is 15.3 Å². The molecule has 3 aromatic heterocycles. The van der Waals surface area contributed by atoms with E-state index in [9.17, 15) is 4.79 Å². The number of imidazole rings is 1. The van der Waals surface area contributed by atoms with E-state index >= 15 is 0 Å². The zero-order valence-corrected chi connectivity index (χ0v) is 12.8. The Labute approximate surface area is 132 Å². The van der Waals surface area contributed by atoms with Crippen molar-refractivity contribution < 1.29 is 4.79 Å². The van der Waals surface area contributed by atoms with Crippen LogP contribution < -0.4 is 5.32 Å². The molecule has 3 rings (SSSR count). The molecule has 0 spiro atoms. The van der Waals surface area contributed by atoms with Crippen LogP contribution >= 0.6 is 11.3 Å². The van der Waals surface area contributed by atoms with Crippen molar-refractivity contribution in [2.24, 2.45) is 0 Å². The van der Waals surface area contributed by atoms with Crippen LogP contribution in [0, 0.1) is 0 Å². The molecule has 5 nitrogen and oxygen atoms in total. The summed E-state index contributed by atoms with van der Waals surface area (Å²) in [7, 11) is 0. The standard InChI is InChI=1S/C16H16N4OS/c21-15(11-13-4-10-22-12-13)18-6-8-20-9-7-19-16(20)14-3-1-2-5-17-14/h1-5,7,9-10,12H,6,8,11H2,(H,18,21). The molecule has 0 aliphatic carbocycles. The van der Waals surface area contributed by atoms with Gasteiger partial charge in [0.05, 0.1) is 6.42 Å². The van der Waals surface area contributed by atoms with Crippen LogP contribution in [-0.4, -0.2) is 27.0 Å². The average molecular weight is 312 g/mol. The molecule has 0 atom stereocenters. The summed E-state index contributed by atoms with van der Waals surface area (Å²) in [5.74, 6) is 0.852. The Balaban J connectivity index is 1.54. The maximum atomic E-state index is 11.9. The van der Waals surface area contributed by atoms with Gasteiger partial charge in [-0.3, -0.25) is 9.78 Å². The number of amides is 1. The van der Waals surface area contributed by atoms with Gasteiger partial charge in [0.15, 0.2) is 5.82 Å². The molecule has 1 amide bonds. The molecular formula is C16H16N4OS. The third-order valence-electron chi connectivity index (χ3n) is 3.23. The Bertz CT molecular complexity index is 722. The molecule has 22 heavy (non-hydrogen) atoms. The van der Waals surface area contributed by atoms with E-state index in [1.54, 1.807) is 23.7 Å². The number of rotatable bonds is 6. The first-order valence-electron chi connectivity index (χ1n) is 7.03. The van der Waals surface area contributed by atoms with E-state index in [-0.39, 0.29) is 5.91 Å². The minimum absolute atomic E-state index is 0.0397. The van der Waals surface area contributed by atoms with Gasteiger partial charge in [0.1, 0.15) is 5.69 Å². The first-order chi connectivity index (χ1) is 10.8. The van der Waals surface area contributed by atoms with Crippen molar-refractivity contribution in [2.75, 3.05) is 6.54 Å². The van der Waals surface area contributed by atoms with E-state index in [1.165, 1.54) is 0 Å². The van der Waals surface area contributed by atoms with Crippen LogP contribution in [0.15, 0.2) is 53.6 Å². The fraction of sp³-hybridized carbons (Fsp3) is 0.188. The lowest BCUT2D eigenvalue weighted by atomic mass is 10.2. The zero-order chi connectivity index (χ0) is 15.2. The topological polar surface area (TPSA) is 59.8 Å². The highest BCUT2D eigenvalue weighted by Crippen LogP contribution is 2.13. The Morgan fingerprint density at radius 1 is 1.23 bits per heavy atom. The number of carbonyl (C=O) groups excluding carboxylic acids is 1. The van der Waals surface area contributed by atoms with Crippen LogP contribution in [0.2, 0.25) is 0 Å². The van der Waals surface area contributed by atoms with Gasteiger partial charge < -0.3 is 9.88 Å². The molecule has 6 heteroatoms. The van der Waals surface area contributed by atoms with Gasteiger partial charge in [0, 0.05) is 31.7 Å². The highest BCUT2D eigenvalue weighted by Gasteiger charge is 2.07. The lowest BCUT2D eigenvalue weighted by Crippen LogP contribution is -2.28. The smallest absolute Gasteiger partial charge is 0.224 e. The summed E-state index contributed by atoms with van der Waals surface area (Å²) in [6.07, 6.45) is 5.82. The molecule has 0 saturated heterocycles. The highest BCUT2D eigenvalue weighted by atomic mass is 32.1. The maximum absolute atomic E-state index is 11.9. The summed E-state index contributed by atoms with van der Waals surface area (Å²) in [5, 5.41) is 6.91. The predicted octanol–water partition coefficient (Wildman–Crippen LogP) is 2.37. The van der Waals surface area contributed by atoms with E-state index in [0.717, 1.165) is 17.1 Å². The van der Waals surface area contributed by atoms with Gasteiger partial charge in [-0.25, -0.2) is 4.98 Å². The summed E-state index contributed by atoms with van der Waals surface area (Å²) in [4.78, 5) is 20.5. The van der Waals surface area contributed by atoms with Gasteiger partial charge in [0.2, 0.25) is 5.91 Å². The number of aromatic nitrogens is 3. The quantitative estimate of drug-likeness (QED) is 0.760. The summed E-state index contributed by atoms with van der Waals surface area (Å²) >= 11 is 1.60. The van der Waals surface area contributed by atoms with Crippen molar-refractivity contribution in [3.63, 3.8) is 0 Å². The van der Waals surface area contributed by atoms with Gasteiger partial charge >= 0.3 is 0 Å². The lowest BCUT2D eigenvalue weighted by molar-refractivity contribution is -0.120. The van der Waals surface area contributed by atoms with Gasteiger partial charge in [-0.1, -0.05) is 6.07 Å². The zero-order valence-electron chi connectivity index (χ0n) is 12.0. The molecule has 0 aliphatic heterocycles. The SMILES string of the molecule is O=C(Cc1ccsc1)NCCn1ccnc1-c1ccccn1. The second kappa shape index (κ2) is 7.00. The number of hydrogen-bond acceptors (Lipinski definition) is 4. The third kappa shape index (κ3) is 3.59. The fourth-order valence-corrected chi connectivity index (χ4v) is 2.84. The van der Waals surface area contributed by atoms with Crippen LogP contribution in [0.1, 0.15) is 5.56 Å². The number of nitrogens with zero attached hydrogens (tertiary/aromatic N) is 3. The normalized spacial score (nSPS) is 10.5. The summed E-state index contributed by atoms with van der Waals surface area (Å²) in [6, 6.07) is 7.71. The maximum Gasteiger partial charge on any atom is 0.224 e. The fourth-order valence-electron chi connectivity index (χ4n) is 2.17. The number of carbonyl (C=O) groups is 1. The molecule has 112 valence electrons. The second-order valence-corrected chi connectivity index (χ2v) is 5.60. The van der Waals surface area contributed by atoms with Crippen molar-refractivity contribution in [3.05, 3.63) is 59.2 Å². The van der Waals surface area contributed by atoms with Crippen LogP contribution in [0.5, 0.6) is 0 Å². The number of nitrogens with one attached hydrogen (secondary N) is 1. The third-order valence-corrected chi connectivity index (χ3v) is 3.96. The van der Waals surface area contributed by atoms with Crippen LogP contribution in [0.25, 0.3) is 11.5 Å². The minimum Gasteiger partial charge on any atom is -0.354 e. The van der Waals surface area contributed by atoms with Crippen LogP contribution in [0.4, 0.5) is 0 Å². The Morgan fingerprint density at radius 3 is 2.95 bits per heavy atom.